The number of hydrogen-bond acceptors (Lipinski definition) is 2. The van der Waals surface area contributed by atoms with Crippen molar-refractivity contribution in [2.45, 2.75) is 25.8 Å². The first kappa shape index (κ1) is 17.0. The van der Waals surface area contributed by atoms with Gasteiger partial charge >= 0.3 is 18.8 Å². The summed E-state index contributed by atoms with van der Waals surface area (Å²) in [6.45, 7) is -1.63. The maximum Gasteiger partial charge on any atom is 0.413 e. The molecule has 9 heteroatoms. The molecule has 0 radical (unpaired) electrons. The first-order chi connectivity index (χ1) is 9.75. The zero-order chi connectivity index (χ0) is 16.0. The molecule has 1 aromatic carbocycles. The number of hydrogen-bond donors (Lipinski definition) is 2. The van der Waals surface area contributed by atoms with Gasteiger partial charge in [0.2, 0.25) is 0 Å². The second-order valence-corrected chi connectivity index (χ2v) is 3.89. The second-order valence-electron chi connectivity index (χ2n) is 3.89. The maximum atomic E-state index is 13.0. The molecule has 1 atom stereocenters. The standard InChI is InChI=1S/C12H13F5N2O2/c1-2-18-11(20)19-9(12(15,16)17)7-5-3-4-6-8(7)21-10(13)14/h3-6,9-10H,2H2,1H3,(H2,18,19,20). The maximum absolute atomic E-state index is 13.0. The van der Waals surface area contributed by atoms with E-state index in [1.54, 1.807) is 5.32 Å². The fraction of sp³-hybridized carbons (Fsp3) is 0.417. The number of halogens is 5. The number of rotatable bonds is 5. The van der Waals surface area contributed by atoms with Gasteiger partial charge in [-0.3, -0.25) is 0 Å². The number of ether oxygens (including phenoxy) is 1. The van der Waals surface area contributed by atoms with Gasteiger partial charge in [-0.1, -0.05) is 18.2 Å². The quantitative estimate of drug-likeness (QED) is 0.820. The highest BCUT2D eigenvalue weighted by atomic mass is 19.4. The van der Waals surface area contributed by atoms with Crippen LogP contribution in [0.4, 0.5) is 26.7 Å². The van der Waals surface area contributed by atoms with Crippen molar-refractivity contribution in [2.75, 3.05) is 6.54 Å². The molecule has 1 unspecified atom stereocenters. The summed E-state index contributed by atoms with van der Waals surface area (Å²) in [5.74, 6) is -0.647. The van der Waals surface area contributed by atoms with E-state index in [1.807, 2.05) is 0 Å². The van der Waals surface area contributed by atoms with Gasteiger partial charge in [0, 0.05) is 12.1 Å². The van der Waals surface area contributed by atoms with Crippen molar-refractivity contribution in [1.29, 1.82) is 0 Å². The highest BCUT2D eigenvalue weighted by molar-refractivity contribution is 5.74. The molecule has 118 valence electrons. The normalized spacial score (nSPS) is 12.9. The minimum Gasteiger partial charge on any atom is -0.434 e. The van der Waals surface area contributed by atoms with Crippen LogP contribution < -0.4 is 15.4 Å². The number of alkyl halides is 5. The molecule has 2 N–H and O–H groups in total. The van der Waals surface area contributed by atoms with E-state index in [-0.39, 0.29) is 6.54 Å². The number of carbonyl (C=O) groups is 1. The number of carbonyl (C=O) groups excluding carboxylic acids is 1. The molecule has 0 aliphatic heterocycles. The molecule has 0 aromatic heterocycles. The van der Waals surface area contributed by atoms with Crippen LogP contribution in [0.25, 0.3) is 0 Å². The van der Waals surface area contributed by atoms with Crippen molar-refractivity contribution in [3.05, 3.63) is 29.8 Å². The molecule has 1 rings (SSSR count). The lowest BCUT2D eigenvalue weighted by molar-refractivity contribution is -0.156. The summed E-state index contributed by atoms with van der Waals surface area (Å²) in [4.78, 5) is 11.3. The zero-order valence-corrected chi connectivity index (χ0v) is 10.9. The van der Waals surface area contributed by atoms with Crippen LogP contribution in [0, 0.1) is 0 Å². The predicted octanol–water partition coefficient (Wildman–Crippen LogP) is 3.21. The van der Waals surface area contributed by atoms with E-state index in [9.17, 15) is 26.7 Å². The Morgan fingerprint density at radius 1 is 1.29 bits per heavy atom. The van der Waals surface area contributed by atoms with E-state index in [2.05, 4.69) is 10.1 Å². The van der Waals surface area contributed by atoms with Gasteiger partial charge < -0.3 is 15.4 Å². The number of benzene rings is 1. The molecule has 0 fully saturated rings. The van der Waals surface area contributed by atoms with Crippen LogP contribution in [-0.4, -0.2) is 25.4 Å². The molecule has 4 nitrogen and oxygen atoms in total. The van der Waals surface area contributed by atoms with Crippen LogP contribution in [0.2, 0.25) is 0 Å². The van der Waals surface area contributed by atoms with Crippen LogP contribution in [0.15, 0.2) is 24.3 Å². The van der Waals surface area contributed by atoms with Gasteiger partial charge in [0.25, 0.3) is 0 Å². The molecule has 2 amide bonds. The lowest BCUT2D eigenvalue weighted by Gasteiger charge is -2.24. The molecular weight excluding hydrogens is 299 g/mol. The third-order valence-electron chi connectivity index (χ3n) is 2.39. The predicted molar refractivity (Wildman–Crippen MR) is 64.1 cm³/mol. The fourth-order valence-electron chi connectivity index (χ4n) is 1.60. The molecule has 1 aromatic rings. The fourth-order valence-corrected chi connectivity index (χ4v) is 1.60. The second kappa shape index (κ2) is 7.09. The first-order valence-corrected chi connectivity index (χ1v) is 5.90. The van der Waals surface area contributed by atoms with Crippen molar-refractivity contribution >= 4 is 6.03 Å². The lowest BCUT2D eigenvalue weighted by atomic mass is 10.1. The van der Waals surface area contributed by atoms with Gasteiger partial charge in [-0.25, -0.2) is 4.79 Å². The molecule has 0 aliphatic carbocycles. The molecule has 21 heavy (non-hydrogen) atoms. The van der Waals surface area contributed by atoms with E-state index in [0.29, 0.717) is 0 Å². The Balaban J connectivity index is 3.12. The largest absolute Gasteiger partial charge is 0.434 e. The van der Waals surface area contributed by atoms with E-state index < -0.39 is 36.2 Å². The summed E-state index contributed by atoms with van der Waals surface area (Å²) in [7, 11) is 0. The highest BCUT2D eigenvalue weighted by Crippen LogP contribution is 2.37. The van der Waals surface area contributed by atoms with Gasteiger partial charge in [0.1, 0.15) is 5.75 Å². The van der Waals surface area contributed by atoms with Crippen LogP contribution in [0.5, 0.6) is 5.75 Å². The summed E-state index contributed by atoms with van der Waals surface area (Å²) in [6.07, 6.45) is -4.87. The van der Waals surface area contributed by atoms with Crippen LogP contribution in [-0.2, 0) is 0 Å². The van der Waals surface area contributed by atoms with Crippen molar-refractivity contribution in [2.24, 2.45) is 0 Å². The van der Waals surface area contributed by atoms with Gasteiger partial charge in [0.05, 0.1) is 0 Å². The Bertz CT molecular complexity index is 479. The molecule has 0 saturated carbocycles. The Labute approximate surface area is 117 Å². The van der Waals surface area contributed by atoms with E-state index in [1.165, 1.54) is 19.1 Å². The van der Waals surface area contributed by atoms with E-state index >= 15 is 0 Å². The van der Waals surface area contributed by atoms with Crippen molar-refractivity contribution in [3.63, 3.8) is 0 Å². The topological polar surface area (TPSA) is 50.4 Å². The Kier molecular flexibility index (Phi) is 5.74. The minimum absolute atomic E-state index is 0.117. The van der Waals surface area contributed by atoms with E-state index in [0.717, 1.165) is 12.1 Å². The summed E-state index contributed by atoms with van der Waals surface area (Å²) in [6, 6.07) is 0.888. The number of para-hydroxylation sites is 1. The van der Waals surface area contributed by atoms with Gasteiger partial charge in [-0.05, 0) is 13.0 Å². The molecule has 0 spiro atoms. The zero-order valence-electron chi connectivity index (χ0n) is 10.9. The Morgan fingerprint density at radius 3 is 2.43 bits per heavy atom. The molecule has 0 aliphatic rings. The molecule has 0 heterocycles. The third-order valence-corrected chi connectivity index (χ3v) is 2.39. The monoisotopic (exact) mass is 312 g/mol. The minimum atomic E-state index is -4.87. The van der Waals surface area contributed by atoms with Crippen LogP contribution in [0.3, 0.4) is 0 Å². The molecule has 0 bridgehead atoms. The Hall–Kier alpha value is -2.06. The lowest BCUT2D eigenvalue weighted by Crippen LogP contribution is -2.43. The SMILES string of the molecule is CCNC(=O)NC(c1ccccc1OC(F)F)C(F)(F)F. The van der Waals surface area contributed by atoms with Gasteiger partial charge in [-0.15, -0.1) is 0 Å². The molecule has 0 saturated heterocycles. The average Bonchev–Trinajstić information content (AvgIpc) is 2.35. The van der Waals surface area contributed by atoms with Gasteiger partial charge in [-0.2, -0.15) is 22.0 Å². The highest BCUT2D eigenvalue weighted by Gasteiger charge is 2.43. The smallest absolute Gasteiger partial charge is 0.413 e. The number of urea groups is 1. The van der Waals surface area contributed by atoms with Crippen molar-refractivity contribution in [3.8, 4) is 5.75 Å². The van der Waals surface area contributed by atoms with Gasteiger partial charge in [0.15, 0.2) is 6.04 Å². The summed E-state index contributed by atoms with van der Waals surface area (Å²) < 4.78 is 67.7. The summed E-state index contributed by atoms with van der Waals surface area (Å²) in [5.41, 5.74) is -0.600. The number of nitrogens with one attached hydrogen (secondary N) is 2. The van der Waals surface area contributed by atoms with Crippen LogP contribution in [0.1, 0.15) is 18.5 Å². The first-order valence-electron chi connectivity index (χ1n) is 5.90. The summed E-state index contributed by atoms with van der Waals surface area (Å²) in [5, 5.41) is 3.83. The molecular formula is C12H13F5N2O2. The van der Waals surface area contributed by atoms with E-state index in [4.69, 9.17) is 0 Å². The summed E-state index contributed by atoms with van der Waals surface area (Å²) >= 11 is 0. The average molecular weight is 312 g/mol. The third kappa shape index (κ3) is 5.09. The van der Waals surface area contributed by atoms with Crippen LogP contribution >= 0.6 is 0 Å². The Morgan fingerprint density at radius 2 is 1.90 bits per heavy atom. The number of amides is 2. The van der Waals surface area contributed by atoms with Crippen molar-refractivity contribution in [1.82, 2.24) is 10.6 Å². The van der Waals surface area contributed by atoms with Crippen molar-refractivity contribution < 1.29 is 31.5 Å².